The highest BCUT2D eigenvalue weighted by Crippen LogP contribution is 2.33. The van der Waals surface area contributed by atoms with Gasteiger partial charge in [-0.15, -0.1) is 11.3 Å². The molecule has 1 N–H and O–H groups in total. The second-order valence-electron chi connectivity index (χ2n) is 5.68. The first kappa shape index (κ1) is 16.7. The van der Waals surface area contributed by atoms with Gasteiger partial charge < -0.3 is 15.0 Å². The summed E-state index contributed by atoms with van der Waals surface area (Å²) in [5, 5.41) is 4.70. The van der Waals surface area contributed by atoms with Crippen molar-refractivity contribution < 1.29 is 4.74 Å². The number of methoxy groups -OCH3 is 1. The first-order valence-corrected chi connectivity index (χ1v) is 9.06. The standard InChI is InChI=1S/C16H29N3OS/c1-4-7-14-15(12-17-9-11-20-3)21-16(18-14)19-10-6-8-13(19)5-2/h13,17H,4-12H2,1-3H3. The Morgan fingerprint density at radius 2 is 2.29 bits per heavy atom. The van der Waals surface area contributed by atoms with Crippen LogP contribution in [0, 0.1) is 0 Å². The maximum absolute atomic E-state index is 5.09. The average molecular weight is 311 g/mol. The highest BCUT2D eigenvalue weighted by Gasteiger charge is 2.26. The van der Waals surface area contributed by atoms with Crippen molar-refractivity contribution in [1.29, 1.82) is 0 Å². The Bertz CT molecular complexity index is 422. The van der Waals surface area contributed by atoms with E-state index in [0.29, 0.717) is 6.04 Å². The second kappa shape index (κ2) is 8.71. The Labute approximate surface area is 132 Å². The van der Waals surface area contributed by atoms with Crippen molar-refractivity contribution in [3.63, 3.8) is 0 Å². The number of aryl methyl sites for hydroxylation is 1. The summed E-state index contributed by atoms with van der Waals surface area (Å²) in [5.41, 5.74) is 1.30. The summed E-state index contributed by atoms with van der Waals surface area (Å²) in [6.45, 7) is 8.27. The zero-order chi connectivity index (χ0) is 15.1. The van der Waals surface area contributed by atoms with Crippen LogP contribution in [0.3, 0.4) is 0 Å². The van der Waals surface area contributed by atoms with Crippen molar-refractivity contribution >= 4 is 16.5 Å². The van der Waals surface area contributed by atoms with Crippen molar-refractivity contribution in [2.24, 2.45) is 0 Å². The third-order valence-electron chi connectivity index (χ3n) is 4.12. The lowest BCUT2D eigenvalue weighted by molar-refractivity contribution is 0.199. The van der Waals surface area contributed by atoms with Crippen molar-refractivity contribution in [2.75, 3.05) is 31.7 Å². The van der Waals surface area contributed by atoms with E-state index in [9.17, 15) is 0 Å². The Kier molecular flexibility index (Phi) is 6.93. The van der Waals surface area contributed by atoms with Gasteiger partial charge in [-0.05, 0) is 25.7 Å². The number of aromatic nitrogens is 1. The molecule has 0 amide bonds. The van der Waals surface area contributed by atoms with Crippen LogP contribution >= 0.6 is 11.3 Å². The fourth-order valence-electron chi connectivity index (χ4n) is 2.95. The maximum Gasteiger partial charge on any atom is 0.186 e. The molecular formula is C16H29N3OS. The van der Waals surface area contributed by atoms with E-state index < -0.39 is 0 Å². The number of nitrogens with zero attached hydrogens (tertiary/aromatic N) is 2. The number of hydrogen-bond acceptors (Lipinski definition) is 5. The normalized spacial score (nSPS) is 18.6. The molecule has 1 aromatic rings. The first-order chi connectivity index (χ1) is 10.3. The van der Waals surface area contributed by atoms with Crippen LogP contribution in [0.4, 0.5) is 5.13 Å². The maximum atomic E-state index is 5.09. The highest BCUT2D eigenvalue weighted by molar-refractivity contribution is 7.15. The van der Waals surface area contributed by atoms with Crippen LogP contribution < -0.4 is 10.2 Å². The fourth-order valence-corrected chi connectivity index (χ4v) is 4.12. The summed E-state index contributed by atoms with van der Waals surface area (Å²) in [6.07, 6.45) is 6.10. The topological polar surface area (TPSA) is 37.4 Å². The minimum atomic E-state index is 0.694. The summed E-state index contributed by atoms with van der Waals surface area (Å²) in [6, 6.07) is 0.694. The molecule has 21 heavy (non-hydrogen) atoms. The molecule has 0 spiro atoms. The van der Waals surface area contributed by atoms with Crippen LogP contribution in [-0.4, -0.2) is 37.8 Å². The van der Waals surface area contributed by atoms with E-state index in [4.69, 9.17) is 9.72 Å². The summed E-state index contributed by atoms with van der Waals surface area (Å²) in [4.78, 5) is 8.89. The van der Waals surface area contributed by atoms with E-state index in [-0.39, 0.29) is 0 Å². The summed E-state index contributed by atoms with van der Waals surface area (Å²) >= 11 is 1.89. The molecule has 0 saturated carbocycles. The van der Waals surface area contributed by atoms with Crippen LogP contribution in [0.1, 0.15) is 50.1 Å². The Hall–Kier alpha value is -0.650. The smallest absolute Gasteiger partial charge is 0.186 e. The van der Waals surface area contributed by atoms with Gasteiger partial charge in [-0.3, -0.25) is 0 Å². The Morgan fingerprint density at radius 3 is 3.00 bits per heavy atom. The van der Waals surface area contributed by atoms with E-state index in [0.717, 1.165) is 32.5 Å². The number of hydrogen-bond donors (Lipinski definition) is 1. The van der Waals surface area contributed by atoms with Crippen molar-refractivity contribution in [2.45, 2.75) is 58.5 Å². The summed E-state index contributed by atoms with van der Waals surface area (Å²) < 4.78 is 5.09. The van der Waals surface area contributed by atoms with Gasteiger partial charge >= 0.3 is 0 Å². The zero-order valence-corrected chi connectivity index (χ0v) is 14.5. The van der Waals surface area contributed by atoms with Crippen LogP contribution in [-0.2, 0) is 17.7 Å². The molecular weight excluding hydrogens is 282 g/mol. The molecule has 1 fully saturated rings. The molecule has 0 radical (unpaired) electrons. The first-order valence-electron chi connectivity index (χ1n) is 8.25. The van der Waals surface area contributed by atoms with Crippen molar-refractivity contribution in [1.82, 2.24) is 10.3 Å². The predicted molar refractivity (Wildman–Crippen MR) is 90.4 cm³/mol. The van der Waals surface area contributed by atoms with Crippen molar-refractivity contribution in [3.05, 3.63) is 10.6 Å². The van der Waals surface area contributed by atoms with Crippen LogP contribution in [0.5, 0.6) is 0 Å². The van der Waals surface area contributed by atoms with Crippen LogP contribution in [0.25, 0.3) is 0 Å². The van der Waals surface area contributed by atoms with Gasteiger partial charge in [-0.25, -0.2) is 4.98 Å². The number of rotatable bonds is 9. The molecule has 4 nitrogen and oxygen atoms in total. The highest BCUT2D eigenvalue weighted by atomic mass is 32.1. The molecule has 0 aromatic carbocycles. The van der Waals surface area contributed by atoms with Gasteiger partial charge in [0.1, 0.15) is 0 Å². The zero-order valence-electron chi connectivity index (χ0n) is 13.7. The van der Waals surface area contributed by atoms with Gasteiger partial charge in [-0.1, -0.05) is 20.3 Å². The van der Waals surface area contributed by atoms with E-state index in [2.05, 4.69) is 24.1 Å². The molecule has 0 aliphatic carbocycles. The monoisotopic (exact) mass is 311 g/mol. The van der Waals surface area contributed by atoms with Gasteiger partial charge in [0.05, 0.1) is 12.3 Å². The molecule has 1 saturated heterocycles. The average Bonchev–Trinajstić information content (AvgIpc) is 3.10. The van der Waals surface area contributed by atoms with Crippen LogP contribution in [0.15, 0.2) is 0 Å². The van der Waals surface area contributed by atoms with Crippen LogP contribution in [0.2, 0.25) is 0 Å². The van der Waals surface area contributed by atoms with Gasteiger partial charge in [-0.2, -0.15) is 0 Å². The minimum Gasteiger partial charge on any atom is -0.383 e. The number of anilines is 1. The van der Waals surface area contributed by atoms with Crippen molar-refractivity contribution in [3.8, 4) is 0 Å². The Morgan fingerprint density at radius 1 is 1.43 bits per heavy atom. The van der Waals surface area contributed by atoms with E-state index in [1.165, 1.54) is 41.5 Å². The quantitative estimate of drug-likeness (QED) is 0.711. The molecule has 1 aliphatic heterocycles. The third-order valence-corrected chi connectivity index (χ3v) is 5.25. The molecule has 0 bridgehead atoms. The van der Waals surface area contributed by atoms with Gasteiger partial charge in [0, 0.05) is 37.7 Å². The number of ether oxygens (including phenoxy) is 1. The Balaban J connectivity index is 2.05. The van der Waals surface area contributed by atoms with E-state index in [1.807, 2.05) is 11.3 Å². The molecule has 1 unspecified atom stereocenters. The lowest BCUT2D eigenvalue weighted by atomic mass is 10.2. The predicted octanol–water partition coefficient (Wildman–Crippen LogP) is 3.21. The molecule has 120 valence electrons. The molecule has 1 aromatic heterocycles. The molecule has 2 rings (SSSR count). The minimum absolute atomic E-state index is 0.694. The molecule has 1 aliphatic rings. The summed E-state index contributed by atoms with van der Waals surface area (Å²) in [5.74, 6) is 0. The molecule has 1 atom stereocenters. The molecule has 2 heterocycles. The fraction of sp³-hybridized carbons (Fsp3) is 0.812. The lowest BCUT2D eigenvalue weighted by Gasteiger charge is -2.22. The lowest BCUT2D eigenvalue weighted by Crippen LogP contribution is -2.28. The summed E-state index contributed by atoms with van der Waals surface area (Å²) in [7, 11) is 1.74. The van der Waals surface area contributed by atoms with Gasteiger partial charge in [0.2, 0.25) is 0 Å². The number of thiazole rings is 1. The number of nitrogens with one attached hydrogen (secondary N) is 1. The molecule has 5 heteroatoms. The second-order valence-corrected chi connectivity index (χ2v) is 6.75. The third kappa shape index (κ3) is 4.41. The largest absolute Gasteiger partial charge is 0.383 e. The SMILES string of the molecule is CCCc1nc(N2CCCC2CC)sc1CNCCOC. The van der Waals surface area contributed by atoms with Gasteiger partial charge in [0.25, 0.3) is 0 Å². The van der Waals surface area contributed by atoms with E-state index >= 15 is 0 Å². The van der Waals surface area contributed by atoms with Gasteiger partial charge in [0.15, 0.2) is 5.13 Å². The van der Waals surface area contributed by atoms with E-state index in [1.54, 1.807) is 7.11 Å².